The molecule has 0 aliphatic carbocycles. The Morgan fingerprint density at radius 2 is 2.19 bits per heavy atom. The standard InChI is InChI=1S/C10H14F3NO2/c11-10(12,13)7-15-5-3-8(14)6-9-2-1-4-16-9/h1-2,4,8H,3,5-7,14H2. The maximum atomic E-state index is 11.7. The lowest BCUT2D eigenvalue weighted by Gasteiger charge is -2.11. The summed E-state index contributed by atoms with van der Waals surface area (Å²) >= 11 is 0. The van der Waals surface area contributed by atoms with Crippen LogP contribution in [0.25, 0.3) is 0 Å². The maximum Gasteiger partial charge on any atom is 0.411 e. The largest absolute Gasteiger partial charge is 0.469 e. The van der Waals surface area contributed by atoms with Crippen LogP contribution in [0.5, 0.6) is 0 Å². The third-order valence-electron chi connectivity index (χ3n) is 1.94. The molecule has 6 heteroatoms. The van der Waals surface area contributed by atoms with Crippen molar-refractivity contribution in [3.63, 3.8) is 0 Å². The van der Waals surface area contributed by atoms with Crippen molar-refractivity contribution in [3.8, 4) is 0 Å². The molecule has 2 N–H and O–H groups in total. The molecule has 0 saturated carbocycles. The van der Waals surface area contributed by atoms with Gasteiger partial charge in [0.2, 0.25) is 0 Å². The lowest BCUT2D eigenvalue weighted by molar-refractivity contribution is -0.174. The van der Waals surface area contributed by atoms with Crippen molar-refractivity contribution in [1.82, 2.24) is 0 Å². The van der Waals surface area contributed by atoms with Gasteiger partial charge in [0.1, 0.15) is 12.4 Å². The van der Waals surface area contributed by atoms with E-state index >= 15 is 0 Å². The van der Waals surface area contributed by atoms with Gasteiger partial charge in [0.15, 0.2) is 0 Å². The zero-order chi connectivity index (χ0) is 12.0. The zero-order valence-corrected chi connectivity index (χ0v) is 8.67. The summed E-state index contributed by atoms with van der Waals surface area (Å²) in [5, 5.41) is 0. The first kappa shape index (κ1) is 13.1. The van der Waals surface area contributed by atoms with Crippen LogP contribution in [0.2, 0.25) is 0 Å². The smallest absolute Gasteiger partial charge is 0.411 e. The van der Waals surface area contributed by atoms with Gasteiger partial charge in [-0.25, -0.2) is 0 Å². The molecule has 1 unspecified atom stereocenters. The second-order valence-electron chi connectivity index (χ2n) is 3.50. The molecule has 0 spiro atoms. The number of hydrogen-bond donors (Lipinski definition) is 1. The summed E-state index contributed by atoms with van der Waals surface area (Å²) in [6.07, 6.45) is -1.87. The van der Waals surface area contributed by atoms with Gasteiger partial charge in [0.25, 0.3) is 0 Å². The van der Waals surface area contributed by atoms with E-state index in [0.29, 0.717) is 12.8 Å². The Morgan fingerprint density at radius 1 is 1.44 bits per heavy atom. The van der Waals surface area contributed by atoms with E-state index in [1.807, 2.05) is 0 Å². The number of nitrogens with two attached hydrogens (primary N) is 1. The van der Waals surface area contributed by atoms with Crippen LogP contribution < -0.4 is 5.73 Å². The lowest BCUT2D eigenvalue weighted by Crippen LogP contribution is -2.26. The van der Waals surface area contributed by atoms with E-state index in [9.17, 15) is 13.2 Å². The van der Waals surface area contributed by atoms with Gasteiger partial charge in [-0.1, -0.05) is 0 Å². The summed E-state index contributed by atoms with van der Waals surface area (Å²) in [5.41, 5.74) is 5.69. The van der Waals surface area contributed by atoms with Crippen LogP contribution in [0.3, 0.4) is 0 Å². The highest BCUT2D eigenvalue weighted by molar-refractivity contribution is 4.99. The molecule has 1 rings (SSSR count). The minimum Gasteiger partial charge on any atom is -0.469 e. The van der Waals surface area contributed by atoms with Crippen molar-refractivity contribution < 1.29 is 22.3 Å². The molecule has 0 amide bonds. The Kier molecular flexibility index (Phi) is 4.82. The minimum absolute atomic E-state index is 0.00137. The highest BCUT2D eigenvalue weighted by atomic mass is 19.4. The average molecular weight is 237 g/mol. The van der Waals surface area contributed by atoms with Crippen molar-refractivity contribution >= 4 is 0 Å². The number of rotatable bonds is 6. The number of hydrogen-bond acceptors (Lipinski definition) is 3. The van der Waals surface area contributed by atoms with E-state index in [2.05, 4.69) is 4.74 Å². The van der Waals surface area contributed by atoms with Crippen molar-refractivity contribution in [2.45, 2.75) is 25.1 Å². The first-order chi connectivity index (χ1) is 7.47. The summed E-state index contributed by atoms with van der Waals surface area (Å²) in [6, 6.07) is 3.26. The number of alkyl halides is 3. The van der Waals surface area contributed by atoms with E-state index in [4.69, 9.17) is 10.2 Å². The van der Waals surface area contributed by atoms with E-state index in [0.717, 1.165) is 5.76 Å². The maximum absolute atomic E-state index is 11.7. The second-order valence-corrected chi connectivity index (χ2v) is 3.50. The van der Waals surface area contributed by atoms with Crippen molar-refractivity contribution in [1.29, 1.82) is 0 Å². The minimum atomic E-state index is -4.27. The normalized spacial score (nSPS) is 14.0. The fourth-order valence-electron chi connectivity index (χ4n) is 1.21. The Labute approximate surface area is 91.4 Å². The summed E-state index contributed by atoms with van der Waals surface area (Å²) < 4.78 is 44.7. The lowest BCUT2D eigenvalue weighted by atomic mass is 10.1. The Morgan fingerprint density at radius 3 is 2.75 bits per heavy atom. The molecule has 1 aromatic rings. The van der Waals surface area contributed by atoms with E-state index in [1.54, 1.807) is 12.1 Å². The van der Waals surface area contributed by atoms with Gasteiger partial charge in [-0.05, 0) is 18.6 Å². The summed E-state index contributed by atoms with van der Waals surface area (Å²) in [6.45, 7) is -1.22. The van der Waals surface area contributed by atoms with Crippen LogP contribution in [-0.4, -0.2) is 25.4 Å². The molecule has 0 radical (unpaired) electrons. The topological polar surface area (TPSA) is 48.4 Å². The third kappa shape index (κ3) is 5.77. The summed E-state index contributed by atoms with van der Waals surface area (Å²) in [4.78, 5) is 0. The molecule has 3 nitrogen and oxygen atoms in total. The predicted octanol–water partition coefficient (Wildman–Crippen LogP) is 2.12. The Bertz CT molecular complexity index is 285. The third-order valence-corrected chi connectivity index (χ3v) is 1.94. The van der Waals surface area contributed by atoms with Crippen LogP contribution in [0, 0.1) is 0 Å². The van der Waals surface area contributed by atoms with Crippen molar-refractivity contribution in [2.24, 2.45) is 5.73 Å². The van der Waals surface area contributed by atoms with E-state index < -0.39 is 12.8 Å². The molecule has 1 aromatic heterocycles. The molecule has 0 fully saturated rings. The first-order valence-electron chi connectivity index (χ1n) is 4.90. The highest BCUT2D eigenvalue weighted by Gasteiger charge is 2.27. The van der Waals surface area contributed by atoms with Gasteiger partial charge in [-0.15, -0.1) is 0 Å². The highest BCUT2D eigenvalue weighted by Crippen LogP contribution is 2.14. The van der Waals surface area contributed by atoms with Gasteiger partial charge in [0, 0.05) is 19.1 Å². The molecular weight excluding hydrogens is 223 g/mol. The fraction of sp³-hybridized carbons (Fsp3) is 0.600. The van der Waals surface area contributed by atoms with Crippen LogP contribution in [-0.2, 0) is 11.2 Å². The number of ether oxygens (including phenoxy) is 1. The van der Waals surface area contributed by atoms with Crippen LogP contribution in [0.1, 0.15) is 12.2 Å². The summed E-state index contributed by atoms with van der Waals surface area (Å²) in [7, 11) is 0. The Hall–Kier alpha value is -1.01. The van der Waals surface area contributed by atoms with Crippen molar-refractivity contribution in [2.75, 3.05) is 13.2 Å². The molecule has 0 aliphatic rings. The molecule has 0 bridgehead atoms. The van der Waals surface area contributed by atoms with Gasteiger partial charge in [-0.2, -0.15) is 13.2 Å². The van der Waals surface area contributed by atoms with Gasteiger partial charge >= 0.3 is 6.18 Å². The second kappa shape index (κ2) is 5.91. The zero-order valence-electron chi connectivity index (χ0n) is 8.67. The van der Waals surface area contributed by atoms with E-state index in [-0.39, 0.29) is 12.6 Å². The van der Waals surface area contributed by atoms with Gasteiger partial charge in [0.05, 0.1) is 6.26 Å². The number of halogens is 3. The van der Waals surface area contributed by atoms with Crippen molar-refractivity contribution in [3.05, 3.63) is 24.2 Å². The van der Waals surface area contributed by atoms with Crippen LogP contribution in [0.15, 0.2) is 22.8 Å². The molecule has 1 atom stereocenters. The average Bonchev–Trinajstić information content (AvgIpc) is 2.63. The molecule has 0 saturated heterocycles. The van der Waals surface area contributed by atoms with Crippen LogP contribution >= 0.6 is 0 Å². The van der Waals surface area contributed by atoms with Gasteiger partial charge < -0.3 is 14.9 Å². The quantitative estimate of drug-likeness (QED) is 0.771. The molecule has 1 heterocycles. The molecule has 16 heavy (non-hydrogen) atoms. The van der Waals surface area contributed by atoms with Gasteiger partial charge in [-0.3, -0.25) is 0 Å². The molecule has 0 aromatic carbocycles. The molecule has 0 aliphatic heterocycles. The molecular formula is C10H14F3NO2. The monoisotopic (exact) mass is 237 g/mol. The van der Waals surface area contributed by atoms with Crippen LogP contribution in [0.4, 0.5) is 13.2 Å². The predicted molar refractivity (Wildman–Crippen MR) is 51.9 cm³/mol. The SMILES string of the molecule is NC(CCOCC(F)(F)F)Cc1ccco1. The number of furan rings is 1. The summed E-state index contributed by atoms with van der Waals surface area (Å²) in [5.74, 6) is 0.725. The Balaban J connectivity index is 2.09. The molecule has 92 valence electrons. The first-order valence-corrected chi connectivity index (χ1v) is 4.90. The van der Waals surface area contributed by atoms with E-state index in [1.165, 1.54) is 6.26 Å². The fourth-order valence-corrected chi connectivity index (χ4v) is 1.21.